The van der Waals surface area contributed by atoms with E-state index in [-0.39, 0.29) is 13.0 Å². The van der Waals surface area contributed by atoms with Crippen molar-refractivity contribution < 1.29 is 20.4 Å². The minimum Gasteiger partial charge on any atom is -0.396 e. The van der Waals surface area contributed by atoms with Crippen molar-refractivity contribution in [3.05, 3.63) is 0 Å². The van der Waals surface area contributed by atoms with Crippen molar-refractivity contribution in [2.75, 3.05) is 19.8 Å². The zero-order chi connectivity index (χ0) is 12.3. The van der Waals surface area contributed by atoms with Crippen LogP contribution in [-0.4, -0.2) is 45.8 Å². The summed E-state index contributed by atoms with van der Waals surface area (Å²) in [5.74, 6) is 0. The van der Waals surface area contributed by atoms with Crippen LogP contribution in [0.2, 0.25) is 0 Å². The summed E-state index contributed by atoms with van der Waals surface area (Å²) in [5.41, 5.74) is -1.41. The second-order valence-electron chi connectivity index (χ2n) is 4.49. The third-order valence-electron chi connectivity index (χ3n) is 2.89. The van der Waals surface area contributed by atoms with E-state index in [9.17, 15) is 0 Å². The molecule has 0 saturated heterocycles. The first kappa shape index (κ1) is 15.8. The lowest BCUT2D eigenvalue weighted by atomic mass is 10.0. The van der Waals surface area contributed by atoms with Crippen molar-refractivity contribution in [2.24, 2.45) is 0 Å². The van der Waals surface area contributed by atoms with Gasteiger partial charge in [0, 0.05) is 6.61 Å². The van der Waals surface area contributed by atoms with Gasteiger partial charge < -0.3 is 20.4 Å². The van der Waals surface area contributed by atoms with Gasteiger partial charge >= 0.3 is 0 Å². The molecular weight excluding hydrogens is 208 g/mol. The Balaban J connectivity index is 0.000000315. The molecule has 0 aromatic heterocycles. The van der Waals surface area contributed by atoms with Crippen LogP contribution in [0.3, 0.4) is 0 Å². The van der Waals surface area contributed by atoms with E-state index in [1.54, 1.807) is 0 Å². The summed E-state index contributed by atoms with van der Waals surface area (Å²) < 4.78 is 0. The van der Waals surface area contributed by atoms with Gasteiger partial charge in [0.2, 0.25) is 0 Å². The zero-order valence-electron chi connectivity index (χ0n) is 10.1. The Hall–Kier alpha value is -0.160. The van der Waals surface area contributed by atoms with Crippen LogP contribution in [0.5, 0.6) is 0 Å². The summed E-state index contributed by atoms with van der Waals surface area (Å²) in [6, 6.07) is 0. The molecule has 0 unspecified atom stereocenters. The van der Waals surface area contributed by atoms with E-state index < -0.39 is 18.8 Å². The van der Waals surface area contributed by atoms with Crippen molar-refractivity contribution in [1.82, 2.24) is 0 Å². The van der Waals surface area contributed by atoms with Crippen LogP contribution in [0.25, 0.3) is 0 Å². The first-order chi connectivity index (χ1) is 7.68. The van der Waals surface area contributed by atoms with Crippen molar-refractivity contribution in [1.29, 1.82) is 0 Å². The molecule has 0 aromatic carbocycles. The summed E-state index contributed by atoms with van der Waals surface area (Å²) in [5, 5.41) is 34.5. The van der Waals surface area contributed by atoms with Crippen molar-refractivity contribution in [3.63, 3.8) is 0 Å². The van der Waals surface area contributed by atoms with Gasteiger partial charge in [0.25, 0.3) is 0 Å². The first-order valence-electron chi connectivity index (χ1n) is 6.23. The van der Waals surface area contributed by atoms with Crippen LogP contribution in [0.15, 0.2) is 0 Å². The van der Waals surface area contributed by atoms with E-state index in [0.29, 0.717) is 6.42 Å². The van der Waals surface area contributed by atoms with E-state index >= 15 is 0 Å². The molecule has 1 fully saturated rings. The number of aliphatic hydroxyl groups is 4. The molecule has 0 heterocycles. The molecule has 0 spiro atoms. The van der Waals surface area contributed by atoms with Gasteiger partial charge in [-0.05, 0) is 12.8 Å². The number of hydrogen-bond acceptors (Lipinski definition) is 4. The van der Waals surface area contributed by atoms with Gasteiger partial charge in [0.15, 0.2) is 0 Å². The molecule has 0 aromatic rings. The van der Waals surface area contributed by atoms with Crippen LogP contribution in [0.1, 0.15) is 51.4 Å². The molecule has 1 aliphatic rings. The average molecular weight is 234 g/mol. The molecule has 4 heteroatoms. The quantitative estimate of drug-likeness (QED) is 0.567. The van der Waals surface area contributed by atoms with Crippen LogP contribution in [0, 0.1) is 0 Å². The monoisotopic (exact) mass is 234 g/mol. The molecule has 0 atom stereocenters. The van der Waals surface area contributed by atoms with Crippen molar-refractivity contribution in [3.8, 4) is 0 Å². The van der Waals surface area contributed by atoms with Crippen LogP contribution < -0.4 is 0 Å². The maximum atomic E-state index is 9.15. The molecule has 1 saturated carbocycles. The van der Waals surface area contributed by atoms with E-state index in [1.165, 1.54) is 38.5 Å². The van der Waals surface area contributed by atoms with Gasteiger partial charge in [0.05, 0.1) is 13.2 Å². The Morgan fingerprint density at radius 1 is 0.750 bits per heavy atom. The highest BCUT2D eigenvalue weighted by molar-refractivity contribution is 4.75. The van der Waals surface area contributed by atoms with E-state index in [2.05, 4.69) is 0 Å². The molecule has 4 N–H and O–H groups in total. The van der Waals surface area contributed by atoms with Crippen molar-refractivity contribution in [2.45, 2.75) is 57.0 Å². The highest BCUT2D eigenvalue weighted by Crippen LogP contribution is 2.15. The normalized spacial score (nSPS) is 16.5. The van der Waals surface area contributed by atoms with Gasteiger partial charge in [-0.1, -0.05) is 38.5 Å². The molecule has 0 radical (unpaired) electrons. The fourth-order valence-electron chi connectivity index (χ4n) is 1.68. The van der Waals surface area contributed by atoms with E-state index in [4.69, 9.17) is 20.4 Å². The summed E-state index contributed by atoms with van der Waals surface area (Å²) in [7, 11) is 0. The van der Waals surface area contributed by atoms with Gasteiger partial charge in [-0.3, -0.25) is 0 Å². The summed E-state index contributed by atoms with van der Waals surface area (Å²) in [4.78, 5) is 0. The molecular formula is C12H26O4. The maximum absolute atomic E-state index is 9.15. The molecule has 4 nitrogen and oxygen atoms in total. The van der Waals surface area contributed by atoms with Gasteiger partial charge in [-0.2, -0.15) is 0 Å². The first-order valence-corrected chi connectivity index (χ1v) is 6.23. The second-order valence-corrected chi connectivity index (χ2v) is 4.49. The zero-order valence-corrected chi connectivity index (χ0v) is 10.1. The lowest BCUT2D eigenvalue weighted by Crippen LogP contribution is -2.37. The fraction of sp³-hybridized carbons (Fsp3) is 1.00. The van der Waals surface area contributed by atoms with E-state index in [0.717, 1.165) is 0 Å². The smallest absolute Gasteiger partial charge is 0.111 e. The highest BCUT2D eigenvalue weighted by atomic mass is 16.4. The lowest BCUT2D eigenvalue weighted by molar-refractivity contribution is -0.0631. The standard InChI is InChI=1S/C6H14O4.C6H12/c7-3-1-2-6(10,4-8)5-9;1-2-4-6-5-3-1/h7-10H,1-5H2;1-6H2. The maximum Gasteiger partial charge on any atom is 0.111 e. The Kier molecular flexibility index (Phi) is 9.92. The SMILES string of the molecule is C1CCCCC1.OCCCC(O)(CO)CO. The summed E-state index contributed by atoms with van der Waals surface area (Å²) in [6.45, 7) is -0.977. The van der Waals surface area contributed by atoms with Crippen LogP contribution in [-0.2, 0) is 0 Å². The minimum atomic E-state index is -1.41. The van der Waals surface area contributed by atoms with Gasteiger partial charge in [-0.15, -0.1) is 0 Å². The van der Waals surface area contributed by atoms with Crippen LogP contribution >= 0.6 is 0 Å². The predicted molar refractivity (Wildman–Crippen MR) is 63.1 cm³/mol. The molecule has 0 amide bonds. The third-order valence-corrected chi connectivity index (χ3v) is 2.89. The van der Waals surface area contributed by atoms with Gasteiger partial charge in [0.1, 0.15) is 5.60 Å². The number of hydrogen-bond donors (Lipinski definition) is 4. The minimum absolute atomic E-state index is 0.0394. The van der Waals surface area contributed by atoms with Crippen LogP contribution in [0.4, 0.5) is 0 Å². The molecule has 98 valence electrons. The Morgan fingerprint density at radius 3 is 1.38 bits per heavy atom. The highest BCUT2D eigenvalue weighted by Gasteiger charge is 2.23. The summed E-state index contributed by atoms with van der Waals surface area (Å²) in [6.07, 6.45) is 9.61. The molecule has 0 aliphatic heterocycles. The predicted octanol–water partition coefficient (Wildman–Crippen LogP) is 0.815. The van der Waals surface area contributed by atoms with E-state index in [1.807, 2.05) is 0 Å². The molecule has 16 heavy (non-hydrogen) atoms. The second kappa shape index (κ2) is 10.0. The average Bonchev–Trinajstić information content (AvgIpc) is 2.39. The largest absolute Gasteiger partial charge is 0.396 e. The Bertz CT molecular complexity index is 130. The Labute approximate surface area is 97.9 Å². The molecule has 1 rings (SSSR count). The third kappa shape index (κ3) is 8.05. The Morgan fingerprint density at radius 2 is 1.12 bits per heavy atom. The fourth-order valence-corrected chi connectivity index (χ4v) is 1.68. The van der Waals surface area contributed by atoms with Crippen molar-refractivity contribution >= 4 is 0 Å². The topological polar surface area (TPSA) is 80.9 Å². The number of aliphatic hydroxyl groups excluding tert-OH is 3. The number of rotatable bonds is 5. The lowest BCUT2D eigenvalue weighted by Gasteiger charge is -2.22. The molecule has 0 bridgehead atoms. The van der Waals surface area contributed by atoms with Gasteiger partial charge in [-0.25, -0.2) is 0 Å². The summed E-state index contributed by atoms with van der Waals surface area (Å²) >= 11 is 0. The molecule has 1 aliphatic carbocycles.